The molecule has 0 saturated heterocycles. The molecule has 11 aliphatic carbocycles. The zero-order chi connectivity index (χ0) is 39.1. The van der Waals surface area contributed by atoms with Crippen molar-refractivity contribution >= 4 is 11.8 Å². The topological polar surface area (TPSA) is 0 Å². The van der Waals surface area contributed by atoms with Gasteiger partial charge in [0.05, 0.1) is 0 Å². The Hall–Kier alpha value is -3.47. The Bertz CT molecular complexity index is 2280. The van der Waals surface area contributed by atoms with Crippen molar-refractivity contribution in [1.82, 2.24) is 0 Å². The van der Waals surface area contributed by atoms with Crippen LogP contribution in [0.2, 0.25) is 0 Å². The van der Waals surface area contributed by atoms with Gasteiger partial charge in [-0.2, -0.15) is 0 Å². The molecule has 2 fully saturated rings. The first kappa shape index (κ1) is 37.3. The average Bonchev–Trinajstić information content (AvgIpc) is 3.59. The van der Waals surface area contributed by atoms with Crippen LogP contribution >= 0.6 is 11.8 Å². The second-order valence-corrected chi connectivity index (χ2v) is 21.7. The first-order valence-electron chi connectivity index (χ1n) is 24.4. The number of allylic oxidation sites excluding steroid dienone is 25. The van der Waals surface area contributed by atoms with Crippen molar-refractivity contribution in [1.29, 1.82) is 0 Å². The van der Waals surface area contributed by atoms with Gasteiger partial charge in [0.2, 0.25) is 0 Å². The summed E-state index contributed by atoms with van der Waals surface area (Å²) in [6.45, 7) is 2.64. The fraction of sp³-hybridized carbons (Fsp3) is 0.517. The molecule has 1 aliphatic heterocycles. The fourth-order valence-electron chi connectivity index (χ4n) is 15.7. The van der Waals surface area contributed by atoms with Crippen LogP contribution in [0.3, 0.4) is 0 Å². The Morgan fingerprint density at radius 1 is 0.780 bits per heavy atom. The molecule has 0 amide bonds. The molecule has 1 heterocycles. The van der Waals surface area contributed by atoms with E-state index < -0.39 is 0 Å². The van der Waals surface area contributed by atoms with Crippen molar-refractivity contribution in [3.05, 3.63) is 152 Å². The predicted molar refractivity (Wildman–Crippen MR) is 249 cm³/mol. The van der Waals surface area contributed by atoms with Crippen molar-refractivity contribution in [2.24, 2.45) is 70.5 Å². The molecule has 12 rings (SSSR count). The largest absolute Gasteiger partial charge is 0.0942 e. The average molecular weight is 793 g/mol. The first-order chi connectivity index (χ1) is 29.2. The minimum Gasteiger partial charge on any atom is -0.0942 e. The summed E-state index contributed by atoms with van der Waals surface area (Å²) in [6, 6.07) is 0. The van der Waals surface area contributed by atoms with E-state index >= 15 is 0 Å². The molecular weight excluding hydrogens is 729 g/mol. The molecule has 12 unspecified atom stereocenters. The highest BCUT2D eigenvalue weighted by Gasteiger charge is 2.66. The normalized spacial score (nSPS) is 39.6. The van der Waals surface area contributed by atoms with Gasteiger partial charge in [-0.3, -0.25) is 0 Å². The van der Waals surface area contributed by atoms with Gasteiger partial charge in [0, 0.05) is 27.7 Å². The van der Waals surface area contributed by atoms with Gasteiger partial charge in [-0.05, 0) is 195 Å². The second-order valence-electron chi connectivity index (χ2n) is 20.5. The van der Waals surface area contributed by atoms with Gasteiger partial charge in [0.1, 0.15) is 0 Å². The number of hydrogen-bond acceptors (Lipinski definition) is 1. The molecule has 0 radical (unpaired) electrons. The van der Waals surface area contributed by atoms with E-state index in [1.54, 1.807) is 26.5 Å². The predicted octanol–water partition coefficient (Wildman–Crippen LogP) is 15.1. The van der Waals surface area contributed by atoms with Crippen LogP contribution in [0.25, 0.3) is 0 Å². The first-order valence-corrected chi connectivity index (χ1v) is 25.2. The van der Waals surface area contributed by atoms with Crippen LogP contribution < -0.4 is 0 Å². The molecule has 12 aliphatic rings. The lowest BCUT2D eigenvalue weighted by molar-refractivity contribution is 0.0669. The molecule has 0 nitrogen and oxygen atoms in total. The number of fused-ring (bicyclic) bond motifs is 11. The monoisotopic (exact) mass is 792 g/mol. The van der Waals surface area contributed by atoms with Crippen molar-refractivity contribution in [2.75, 3.05) is 0 Å². The fourth-order valence-corrected chi connectivity index (χ4v) is 17.1. The maximum absolute atomic E-state index is 3.71. The third-order valence-electron chi connectivity index (χ3n) is 18.1. The molecule has 0 bridgehead atoms. The Morgan fingerprint density at radius 3 is 2.61 bits per heavy atom. The van der Waals surface area contributed by atoms with E-state index in [0.717, 1.165) is 36.0 Å². The standard InChI is InChI=1S/C58H64S/c1-37(44-30-27-42-26-25-40-15-5-7-17-46(40)49(42)35-44)56(43-28-23-39(24-29-43)38-13-3-2-4-14-38)45-31-33-48-53(36-45)58(52-34-32-41-16-6-8-18-47(41)57(48)52)50-19-9-11-21-54(50)59-55-22-12-10-20-51(55)58/h2-3,6,9,12-13,16,19,22-24,27-28,30,35-37,41-43,47-49,52-53,56-57H,4-5,7-8,10-11,14-15,17-18,20-21,29,31-34H2,1H3. The minimum atomic E-state index is 0.164. The molecule has 302 valence electrons. The summed E-state index contributed by atoms with van der Waals surface area (Å²) >= 11 is 2.18. The van der Waals surface area contributed by atoms with Gasteiger partial charge >= 0.3 is 0 Å². The van der Waals surface area contributed by atoms with Crippen LogP contribution in [0.1, 0.15) is 116 Å². The third-order valence-corrected chi connectivity index (χ3v) is 19.3. The third kappa shape index (κ3) is 5.99. The Balaban J connectivity index is 0.991. The van der Waals surface area contributed by atoms with E-state index in [4.69, 9.17) is 0 Å². The Morgan fingerprint density at radius 2 is 1.69 bits per heavy atom. The zero-order valence-corrected chi connectivity index (χ0v) is 36.3. The summed E-state index contributed by atoms with van der Waals surface area (Å²) in [5, 5.41) is 0. The summed E-state index contributed by atoms with van der Waals surface area (Å²) < 4.78 is 0. The Labute approximate surface area is 360 Å². The number of hydrogen-bond donors (Lipinski definition) is 0. The highest BCUT2D eigenvalue weighted by atomic mass is 32.2. The summed E-state index contributed by atoms with van der Waals surface area (Å²) in [5.41, 5.74) is 13.4. The van der Waals surface area contributed by atoms with Crippen LogP contribution in [0.5, 0.6) is 0 Å². The highest BCUT2D eigenvalue weighted by Crippen LogP contribution is 2.74. The summed E-state index contributed by atoms with van der Waals surface area (Å²) in [6.07, 6.45) is 63.0. The molecule has 0 N–H and O–H groups in total. The van der Waals surface area contributed by atoms with E-state index in [-0.39, 0.29) is 5.41 Å². The van der Waals surface area contributed by atoms with Crippen LogP contribution in [0, 0.1) is 82.4 Å². The summed E-state index contributed by atoms with van der Waals surface area (Å²) in [5.74, 6) is 14.3. The van der Waals surface area contributed by atoms with Crippen LogP contribution in [-0.2, 0) is 0 Å². The van der Waals surface area contributed by atoms with E-state index in [9.17, 15) is 0 Å². The molecule has 1 heteroatoms. The summed E-state index contributed by atoms with van der Waals surface area (Å²) in [4.78, 5) is 3.38. The van der Waals surface area contributed by atoms with Gasteiger partial charge in [0.15, 0.2) is 0 Å². The quantitative estimate of drug-likeness (QED) is 0.197. The maximum Gasteiger partial charge on any atom is 0.0490 e. The second kappa shape index (κ2) is 15.2. The smallest absolute Gasteiger partial charge is 0.0490 e. The SMILES string of the molecule is CC(C1=CC2C3=C(C#CC2C=C1)CCCC3)C(C1=CC2C(CC1)C1C3CCC=CC3CCC1C21C2=C(CCC=C2)SC2=C1CCC=C2)C1C=CC(C2=CC=CCC2)=CC1. The van der Waals surface area contributed by atoms with E-state index in [1.807, 2.05) is 11.1 Å². The van der Waals surface area contributed by atoms with Crippen LogP contribution in [0.15, 0.2) is 152 Å². The lowest BCUT2D eigenvalue weighted by Crippen LogP contribution is -2.43. The minimum absolute atomic E-state index is 0.164. The molecule has 0 aromatic carbocycles. The maximum atomic E-state index is 3.71. The lowest BCUT2D eigenvalue weighted by Gasteiger charge is -2.52. The van der Waals surface area contributed by atoms with Crippen LogP contribution in [-0.4, -0.2) is 0 Å². The molecule has 0 aromatic rings. The summed E-state index contributed by atoms with van der Waals surface area (Å²) in [7, 11) is 0. The van der Waals surface area contributed by atoms with Crippen molar-refractivity contribution in [3.63, 3.8) is 0 Å². The number of rotatable bonds is 5. The zero-order valence-electron chi connectivity index (χ0n) is 35.5. The van der Waals surface area contributed by atoms with Crippen LogP contribution in [0.4, 0.5) is 0 Å². The molecule has 12 atom stereocenters. The van der Waals surface area contributed by atoms with Crippen molar-refractivity contribution in [3.8, 4) is 11.8 Å². The van der Waals surface area contributed by atoms with Gasteiger partial charge in [-0.25, -0.2) is 0 Å². The van der Waals surface area contributed by atoms with Gasteiger partial charge in [-0.15, -0.1) is 0 Å². The molecule has 0 aromatic heterocycles. The highest BCUT2D eigenvalue weighted by molar-refractivity contribution is 8.07. The molecule has 1 spiro atoms. The van der Waals surface area contributed by atoms with Crippen molar-refractivity contribution in [2.45, 2.75) is 116 Å². The van der Waals surface area contributed by atoms with E-state index in [0.29, 0.717) is 35.5 Å². The van der Waals surface area contributed by atoms with Gasteiger partial charge < -0.3 is 0 Å². The lowest BCUT2D eigenvalue weighted by atomic mass is 9.54. The van der Waals surface area contributed by atoms with E-state index in [2.05, 4.69) is 128 Å². The molecular formula is C58H64S. The molecule has 2 saturated carbocycles. The van der Waals surface area contributed by atoms with E-state index in [1.165, 1.54) is 119 Å². The molecule has 59 heavy (non-hydrogen) atoms. The van der Waals surface area contributed by atoms with Gasteiger partial charge in [-0.1, -0.05) is 139 Å². The Kier molecular flexibility index (Phi) is 9.58. The number of thioether (sulfide) groups is 1. The van der Waals surface area contributed by atoms with Gasteiger partial charge in [0.25, 0.3) is 0 Å². The van der Waals surface area contributed by atoms with Crippen molar-refractivity contribution < 1.29 is 0 Å².